The van der Waals surface area contributed by atoms with Gasteiger partial charge in [0.1, 0.15) is 5.82 Å². The molecule has 0 aliphatic carbocycles. The minimum Gasteiger partial charge on any atom is -0.325 e. The highest BCUT2D eigenvalue weighted by molar-refractivity contribution is 8.01. The highest BCUT2D eigenvalue weighted by Crippen LogP contribution is 2.18. The number of rotatable bonds is 4. The molecule has 0 aliphatic rings. The molecule has 1 rings (SSSR count). The summed E-state index contributed by atoms with van der Waals surface area (Å²) in [5.41, 5.74) is 0.627. The van der Waals surface area contributed by atoms with E-state index in [2.05, 4.69) is 5.32 Å². The largest absolute Gasteiger partial charge is 0.325 e. The first kappa shape index (κ1) is 13.0. The van der Waals surface area contributed by atoms with Crippen LogP contribution in [-0.2, 0) is 4.79 Å². The standard InChI is InChI=1S/C12H16FNOS/c1-8(2)16-9(3)12(15)14-11-6-4-10(13)5-7-11/h4-9H,1-3H3,(H,14,15). The van der Waals surface area contributed by atoms with Gasteiger partial charge in [-0.05, 0) is 36.4 Å². The molecule has 0 aromatic heterocycles. The van der Waals surface area contributed by atoms with Crippen LogP contribution in [0.4, 0.5) is 10.1 Å². The summed E-state index contributed by atoms with van der Waals surface area (Å²) in [6, 6.07) is 5.77. The molecule has 0 fully saturated rings. The van der Waals surface area contributed by atoms with E-state index in [0.717, 1.165) is 0 Å². The van der Waals surface area contributed by atoms with Gasteiger partial charge in [-0.1, -0.05) is 13.8 Å². The Balaban J connectivity index is 2.54. The normalized spacial score (nSPS) is 12.6. The molecule has 0 saturated heterocycles. The molecule has 0 bridgehead atoms. The number of carbonyl (C=O) groups is 1. The van der Waals surface area contributed by atoms with Gasteiger partial charge in [0.15, 0.2) is 0 Å². The van der Waals surface area contributed by atoms with Gasteiger partial charge in [0.25, 0.3) is 0 Å². The Labute approximate surface area is 99.6 Å². The Bertz CT molecular complexity index is 351. The highest BCUT2D eigenvalue weighted by Gasteiger charge is 2.14. The summed E-state index contributed by atoms with van der Waals surface area (Å²) >= 11 is 1.60. The van der Waals surface area contributed by atoms with Crippen LogP contribution >= 0.6 is 11.8 Å². The zero-order valence-electron chi connectivity index (χ0n) is 9.66. The maximum Gasteiger partial charge on any atom is 0.237 e. The van der Waals surface area contributed by atoms with E-state index in [1.807, 2.05) is 20.8 Å². The van der Waals surface area contributed by atoms with Crippen LogP contribution in [0.2, 0.25) is 0 Å². The van der Waals surface area contributed by atoms with Crippen molar-refractivity contribution in [2.24, 2.45) is 0 Å². The molecule has 1 aromatic carbocycles. The van der Waals surface area contributed by atoms with Gasteiger partial charge in [0, 0.05) is 5.69 Å². The van der Waals surface area contributed by atoms with E-state index in [1.54, 1.807) is 23.9 Å². The number of benzene rings is 1. The first-order chi connectivity index (χ1) is 7.49. The van der Waals surface area contributed by atoms with Crippen LogP contribution in [0, 0.1) is 5.82 Å². The third-order valence-corrected chi connectivity index (χ3v) is 3.12. The molecule has 1 amide bonds. The minimum absolute atomic E-state index is 0.0506. The van der Waals surface area contributed by atoms with E-state index >= 15 is 0 Å². The van der Waals surface area contributed by atoms with Gasteiger partial charge in [-0.25, -0.2) is 4.39 Å². The number of hydrogen-bond acceptors (Lipinski definition) is 2. The Morgan fingerprint density at radius 1 is 1.25 bits per heavy atom. The monoisotopic (exact) mass is 241 g/mol. The van der Waals surface area contributed by atoms with E-state index in [9.17, 15) is 9.18 Å². The summed E-state index contributed by atoms with van der Waals surface area (Å²) in [6.07, 6.45) is 0. The van der Waals surface area contributed by atoms with Crippen LogP contribution in [0.3, 0.4) is 0 Å². The zero-order chi connectivity index (χ0) is 12.1. The van der Waals surface area contributed by atoms with Crippen molar-refractivity contribution in [1.29, 1.82) is 0 Å². The third kappa shape index (κ3) is 4.23. The van der Waals surface area contributed by atoms with E-state index in [1.165, 1.54) is 12.1 Å². The van der Waals surface area contributed by atoms with E-state index < -0.39 is 0 Å². The lowest BCUT2D eigenvalue weighted by Gasteiger charge is -2.13. The van der Waals surface area contributed by atoms with Crippen molar-refractivity contribution in [3.05, 3.63) is 30.1 Å². The van der Waals surface area contributed by atoms with Crippen molar-refractivity contribution >= 4 is 23.4 Å². The van der Waals surface area contributed by atoms with Gasteiger partial charge in [-0.15, -0.1) is 11.8 Å². The lowest BCUT2D eigenvalue weighted by atomic mass is 10.3. The number of thioether (sulfide) groups is 1. The molecule has 0 saturated carbocycles. The summed E-state index contributed by atoms with van der Waals surface area (Å²) in [6.45, 7) is 5.96. The Morgan fingerprint density at radius 2 is 1.81 bits per heavy atom. The Morgan fingerprint density at radius 3 is 2.31 bits per heavy atom. The number of carbonyl (C=O) groups excluding carboxylic acids is 1. The summed E-state index contributed by atoms with van der Waals surface area (Å²) in [5.74, 6) is -0.354. The predicted octanol–water partition coefficient (Wildman–Crippen LogP) is 3.29. The van der Waals surface area contributed by atoms with Crippen molar-refractivity contribution in [2.75, 3.05) is 5.32 Å². The molecule has 1 atom stereocenters. The van der Waals surface area contributed by atoms with Crippen molar-refractivity contribution in [1.82, 2.24) is 0 Å². The average Bonchev–Trinajstić information content (AvgIpc) is 2.20. The van der Waals surface area contributed by atoms with Crippen LogP contribution in [0.15, 0.2) is 24.3 Å². The van der Waals surface area contributed by atoms with E-state index in [4.69, 9.17) is 0 Å². The minimum atomic E-state index is -0.303. The quantitative estimate of drug-likeness (QED) is 0.876. The summed E-state index contributed by atoms with van der Waals surface area (Å²) < 4.78 is 12.6. The second-order valence-electron chi connectivity index (χ2n) is 3.82. The summed E-state index contributed by atoms with van der Waals surface area (Å²) in [5, 5.41) is 3.05. The van der Waals surface area contributed by atoms with Gasteiger partial charge >= 0.3 is 0 Å². The van der Waals surface area contributed by atoms with E-state index in [0.29, 0.717) is 10.9 Å². The average molecular weight is 241 g/mol. The number of amides is 1. The molecule has 88 valence electrons. The fourth-order valence-corrected chi connectivity index (χ4v) is 2.25. The Hall–Kier alpha value is -1.03. The lowest BCUT2D eigenvalue weighted by molar-refractivity contribution is -0.115. The molecule has 0 heterocycles. The number of halogens is 1. The molecule has 1 N–H and O–H groups in total. The lowest BCUT2D eigenvalue weighted by Crippen LogP contribution is -2.23. The van der Waals surface area contributed by atoms with Crippen LogP contribution in [-0.4, -0.2) is 16.4 Å². The SMILES string of the molecule is CC(C)SC(C)C(=O)Nc1ccc(F)cc1. The van der Waals surface area contributed by atoms with Crippen LogP contribution in [0.25, 0.3) is 0 Å². The summed E-state index contributed by atoms with van der Waals surface area (Å²) in [7, 11) is 0. The first-order valence-electron chi connectivity index (χ1n) is 5.21. The molecule has 0 spiro atoms. The van der Waals surface area contributed by atoms with Crippen molar-refractivity contribution < 1.29 is 9.18 Å². The zero-order valence-corrected chi connectivity index (χ0v) is 10.5. The smallest absolute Gasteiger partial charge is 0.237 e. The first-order valence-corrected chi connectivity index (χ1v) is 6.15. The third-order valence-electron chi connectivity index (χ3n) is 1.96. The Kier molecular flexibility index (Phi) is 4.80. The fraction of sp³-hybridized carbons (Fsp3) is 0.417. The second kappa shape index (κ2) is 5.89. The molecule has 0 radical (unpaired) electrons. The molecule has 2 nitrogen and oxygen atoms in total. The van der Waals surface area contributed by atoms with E-state index in [-0.39, 0.29) is 17.0 Å². The van der Waals surface area contributed by atoms with Gasteiger partial charge in [-0.3, -0.25) is 4.79 Å². The molecule has 1 aromatic rings. The number of nitrogens with one attached hydrogen (secondary N) is 1. The molecule has 1 unspecified atom stereocenters. The topological polar surface area (TPSA) is 29.1 Å². The predicted molar refractivity (Wildman–Crippen MR) is 67.2 cm³/mol. The molecule has 16 heavy (non-hydrogen) atoms. The van der Waals surface area contributed by atoms with Crippen molar-refractivity contribution in [3.63, 3.8) is 0 Å². The summed E-state index contributed by atoms with van der Waals surface area (Å²) in [4.78, 5) is 11.7. The van der Waals surface area contributed by atoms with Crippen molar-refractivity contribution in [2.45, 2.75) is 31.3 Å². The maximum atomic E-state index is 12.6. The molecule has 0 aliphatic heterocycles. The maximum absolute atomic E-state index is 12.6. The second-order valence-corrected chi connectivity index (χ2v) is 5.75. The van der Waals surface area contributed by atoms with Gasteiger partial charge in [0.05, 0.1) is 5.25 Å². The highest BCUT2D eigenvalue weighted by atomic mass is 32.2. The molecule has 4 heteroatoms. The van der Waals surface area contributed by atoms with Gasteiger partial charge < -0.3 is 5.32 Å². The fourth-order valence-electron chi connectivity index (χ4n) is 1.25. The molecular formula is C12H16FNOS. The van der Waals surface area contributed by atoms with Gasteiger partial charge in [0.2, 0.25) is 5.91 Å². The van der Waals surface area contributed by atoms with Crippen LogP contribution in [0.1, 0.15) is 20.8 Å². The molecular weight excluding hydrogens is 225 g/mol. The van der Waals surface area contributed by atoms with Crippen LogP contribution < -0.4 is 5.32 Å². The van der Waals surface area contributed by atoms with Crippen LogP contribution in [0.5, 0.6) is 0 Å². The number of hydrogen-bond donors (Lipinski definition) is 1. The number of anilines is 1. The van der Waals surface area contributed by atoms with Crippen molar-refractivity contribution in [3.8, 4) is 0 Å². The van der Waals surface area contributed by atoms with Gasteiger partial charge in [-0.2, -0.15) is 0 Å².